The van der Waals surface area contributed by atoms with Crippen molar-refractivity contribution in [1.82, 2.24) is 24.9 Å². The second kappa shape index (κ2) is 11.3. The van der Waals surface area contributed by atoms with Crippen molar-refractivity contribution in [1.29, 1.82) is 0 Å². The van der Waals surface area contributed by atoms with E-state index in [4.69, 9.17) is 14.6 Å². The van der Waals surface area contributed by atoms with Crippen molar-refractivity contribution in [2.75, 3.05) is 46.9 Å². The summed E-state index contributed by atoms with van der Waals surface area (Å²) in [5.74, 6) is 1.05. The van der Waals surface area contributed by atoms with Crippen molar-refractivity contribution < 1.29 is 19.1 Å². The summed E-state index contributed by atoms with van der Waals surface area (Å²) in [5, 5.41) is 7.62. The molecule has 9 heteroatoms. The average molecular weight is 492 g/mol. The third kappa shape index (κ3) is 5.68. The summed E-state index contributed by atoms with van der Waals surface area (Å²) in [6, 6.07) is 15.4. The van der Waals surface area contributed by atoms with Crippen molar-refractivity contribution in [3.63, 3.8) is 0 Å². The molecule has 1 aliphatic heterocycles. The molecule has 4 rings (SSSR count). The van der Waals surface area contributed by atoms with Crippen molar-refractivity contribution in [3.8, 4) is 28.3 Å². The lowest BCUT2D eigenvalue weighted by atomic mass is 10.0. The Hall–Kier alpha value is -3.85. The maximum Gasteiger partial charge on any atom is 0.275 e. The number of nitrogens with one attached hydrogen (secondary N) is 1. The van der Waals surface area contributed by atoms with Crippen LogP contribution in [0.1, 0.15) is 24.3 Å². The largest absolute Gasteiger partial charge is 0.493 e. The Morgan fingerprint density at radius 3 is 2.31 bits per heavy atom. The Kier molecular flexibility index (Phi) is 7.90. The second-order valence-electron chi connectivity index (χ2n) is 9.03. The molecule has 36 heavy (non-hydrogen) atoms. The van der Waals surface area contributed by atoms with Crippen LogP contribution in [0.2, 0.25) is 0 Å². The molecular formula is C27H33N5O4. The summed E-state index contributed by atoms with van der Waals surface area (Å²) in [7, 11) is 3.17. The molecule has 0 spiro atoms. The molecule has 0 bridgehead atoms. The molecule has 1 aliphatic rings. The number of carbonyl (C=O) groups excluding carboxylic acids is 2. The molecule has 2 aromatic carbocycles. The maximum absolute atomic E-state index is 13.7. The van der Waals surface area contributed by atoms with Crippen LogP contribution in [0.15, 0.2) is 54.7 Å². The molecule has 1 fully saturated rings. The molecule has 2 heterocycles. The van der Waals surface area contributed by atoms with Crippen LogP contribution >= 0.6 is 0 Å². The van der Waals surface area contributed by atoms with Gasteiger partial charge in [-0.05, 0) is 43.7 Å². The van der Waals surface area contributed by atoms with Crippen LogP contribution < -0.4 is 14.8 Å². The topological polar surface area (TPSA) is 88.9 Å². The molecule has 1 saturated heterocycles. The van der Waals surface area contributed by atoms with E-state index >= 15 is 0 Å². The van der Waals surface area contributed by atoms with E-state index in [0.717, 1.165) is 11.3 Å². The Labute approximate surface area is 211 Å². The highest BCUT2D eigenvalue weighted by atomic mass is 16.5. The van der Waals surface area contributed by atoms with Gasteiger partial charge in [-0.25, -0.2) is 4.68 Å². The Balaban J connectivity index is 1.59. The minimum Gasteiger partial charge on any atom is -0.493 e. The summed E-state index contributed by atoms with van der Waals surface area (Å²) in [4.78, 5) is 29.7. The van der Waals surface area contributed by atoms with Crippen LogP contribution in [0.3, 0.4) is 0 Å². The number of rotatable bonds is 8. The number of hydrogen-bond acceptors (Lipinski definition) is 6. The van der Waals surface area contributed by atoms with E-state index in [-0.39, 0.29) is 17.9 Å². The molecule has 3 aromatic rings. The molecule has 190 valence electrons. The standard InChI is InChI=1S/C27H33N5O4/c1-19(2)28-25(33)18-30-12-14-31(15-13-30)27(34)26-22(17-32(29-26)21-8-6-5-7-9-21)20-10-11-23(35-3)24(16-20)36-4/h5-11,16-17,19H,12-15,18H2,1-4H3,(H,28,33). The third-order valence-electron chi connectivity index (χ3n) is 6.11. The van der Waals surface area contributed by atoms with Gasteiger partial charge in [0.15, 0.2) is 17.2 Å². The number of carbonyl (C=O) groups is 2. The lowest BCUT2D eigenvalue weighted by molar-refractivity contribution is -0.123. The first-order chi connectivity index (χ1) is 17.4. The fraction of sp³-hybridized carbons (Fsp3) is 0.370. The summed E-state index contributed by atoms with van der Waals surface area (Å²) < 4.78 is 12.6. The van der Waals surface area contributed by atoms with Crippen molar-refractivity contribution in [2.24, 2.45) is 0 Å². The summed E-state index contributed by atoms with van der Waals surface area (Å²) in [6.07, 6.45) is 1.87. The van der Waals surface area contributed by atoms with Gasteiger partial charge in [0, 0.05) is 44.0 Å². The number of hydrogen-bond donors (Lipinski definition) is 1. The van der Waals surface area contributed by atoms with Crippen molar-refractivity contribution in [3.05, 3.63) is 60.4 Å². The number of benzene rings is 2. The van der Waals surface area contributed by atoms with Gasteiger partial charge < -0.3 is 19.7 Å². The molecule has 1 aromatic heterocycles. The van der Waals surface area contributed by atoms with Gasteiger partial charge >= 0.3 is 0 Å². The van der Waals surface area contributed by atoms with Crippen LogP contribution in [0.4, 0.5) is 0 Å². The number of amides is 2. The minimum atomic E-state index is -0.138. The van der Waals surface area contributed by atoms with E-state index in [2.05, 4.69) is 10.2 Å². The summed E-state index contributed by atoms with van der Waals surface area (Å²) in [5.41, 5.74) is 2.75. The smallest absolute Gasteiger partial charge is 0.275 e. The van der Waals surface area contributed by atoms with E-state index in [9.17, 15) is 9.59 Å². The Bertz CT molecular complexity index is 1200. The normalized spacial score (nSPS) is 14.1. The van der Waals surface area contributed by atoms with Crippen LogP contribution in [0, 0.1) is 0 Å². The second-order valence-corrected chi connectivity index (χ2v) is 9.03. The van der Waals surface area contributed by atoms with E-state index in [1.165, 1.54) is 0 Å². The number of nitrogens with zero attached hydrogens (tertiary/aromatic N) is 4. The predicted molar refractivity (Wildman–Crippen MR) is 138 cm³/mol. The van der Waals surface area contributed by atoms with Gasteiger partial charge in [0.2, 0.25) is 5.91 Å². The lowest BCUT2D eigenvalue weighted by Gasteiger charge is -2.34. The zero-order valence-corrected chi connectivity index (χ0v) is 21.2. The van der Waals surface area contributed by atoms with E-state index in [1.807, 2.05) is 68.6 Å². The number of para-hydroxylation sites is 1. The molecule has 0 aliphatic carbocycles. The van der Waals surface area contributed by atoms with Crippen molar-refractivity contribution in [2.45, 2.75) is 19.9 Å². The number of piperazine rings is 1. The predicted octanol–water partition coefficient (Wildman–Crippen LogP) is 2.84. The minimum absolute atomic E-state index is 0.00196. The lowest BCUT2D eigenvalue weighted by Crippen LogP contribution is -2.51. The first kappa shape index (κ1) is 25.2. The maximum atomic E-state index is 13.7. The third-order valence-corrected chi connectivity index (χ3v) is 6.11. The fourth-order valence-corrected chi connectivity index (χ4v) is 4.29. The SMILES string of the molecule is COc1ccc(-c2cn(-c3ccccc3)nc2C(=O)N2CCN(CC(=O)NC(C)C)CC2)cc1OC. The van der Waals surface area contributed by atoms with Gasteiger partial charge in [0.1, 0.15) is 0 Å². The molecule has 2 amide bonds. The van der Waals surface area contributed by atoms with Gasteiger partial charge in [-0.3, -0.25) is 14.5 Å². The average Bonchev–Trinajstić information content (AvgIpc) is 3.34. The molecular weight excluding hydrogens is 458 g/mol. The zero-order valence-electron chi connectivity index (χ0n) is 21.2. The quantitative estimate of drug-likeness (QED) is 0.521. The van der Waals surface area contributed by atoms with Gasteiger partial charge in [-0.1, -0.05) is 24.3 Å². The fourth-order valence-electron chi connectivity index (χ4n) is 4.29. The van der Waals surface area contributed by atoms with Crippen LogP contribution in [0.5, 0.6) is 11.5 Å². The van der Waals surface area contributed by atoms with Crippen LogP contribution in [-0.2, 0) is 4.79 Å². The highest BCUT2D eigenvalue weighted by Gasteiger charge is 2.28. The number of ether oxygens (including phenoxy) is 2. The number of aromatic nitrogens is 2. The van der Waals surface area contributed by atoms with Gasteiger partial charge in [-0.2, -0.15) is 5.10 Å². The van der Waals surface area contributed by atoms with E-state index in [0.29, 0.717) is 55.5 Å². The molecule has 1 N–H and O–H groups in total. The number of methoxy groups -OCH3 is 2. The van der Waals surface area contributed by atoms with E-state index < -0.39 is 0 Å². The molecule has 0 saturated carbocycles. The van der Waals surface area contributed by atoms with Gasteiger partial charge in [0.25, 0.3) is 5.91 Å². The van der Waals surface area contributed by atoms with Crippen molar-refractivity contribution >= 4 is 11.8 Å². The first-order valence-electron chi connectivity index (χ1n) is 12.1. The van der Waals surface area contributed by atoms with E-state index in [1.54, 1.807) is 23.8 Å². The monoisotopic (exact) mass is 491 g/mol. The Morgan fingerprint density at radius 1 is 0.972 bits per heavy atom. The Morgan fingerprint density at radius 2 is 1.67 bits per heavy atom. The summed E-state index contributed by atoms with van der Waals surface area (Å²) >= 11 is 0. The molecule has 9 nitrogen and oxygen atoms in total. The highest BCUT2D eigenvalue weighted by molar-refractivity contribution is 5.99. The van der Waals surface area contributed by atoms with Crippen LogP contribution in [-0.4, -0.2) is 84.4 Å². The first-order valence-corrected chi connectivity index (χ1v) is 12.1. The molecule has 0 unspecified atom stereocenters. The highest BCUT2D eigenvalue weighted by Crippen LogP contribution is 2.34. The van der Waals surface area contributed by atoms with Gasteiger partial charge in [-0.15, -0.1) is 0 Å². The summed E-state index contributed by atoms with van der Waals surface area (Å²) in [6.45, 7) is 6.53. The molecule has 0 atom stereocenters. The molecule has 0 radical (unpaired) electrons. The van der Waals surface area contributed by atoms with Gasteiger partial charge in [0.05, 0.1) is 26.5 Å². The zero-order chi connectivity index (χ0) is 25.7. The van der Waals surface area contributed by atoms with Crippen LogP contribution in [0.25, 0.3) is 16.8 Å².